The predicted molar refractivity (Wildman–Crippen MR) is 146 cm³/mol. The molecule has 0 amide bonds. The molecule has 40 heavy (non-hydrogen) atoms. The van der Waals surface area contributed by atoms with E-state index in [1.807, 2.05) is 19.9 Å². The van der Waals surface area contributed by atoms with E-state index >= 15 is 0 Å². The number of carbonyl (C=O) groups is 3. The SMILES string of the molecule is CC(C)(C)[O-].COC(=O)/C(=C/c1cc(OC)cc(C)c1OC)CC(=O)O.COc1cc(C)c(OC)c(C=O)c1.[K+]. The maximum atomic E-state index is 11.7. The molecule has 0 aliphatic rings. The molecule has 10 nitrogen and oxygen atoms in total. The Morgan fingerprint density at radius 3 is 1.55 bits per heavy atom. The fourth-order valence-electron chi connectivity index (χ4n) is 3.19. The summed E-state index contributed by atoms with van der Waals surface area (Å²) >= 11 is 0. The molecule has 0 fully saturated rings. The van der Waals surface area contributed by atoms with Gasteiger partial charge in [0.1, 0.15) is 23.0 Å². The van der Waals surface area contributed by atoms with Gasteiger partial charge in [0.15, 0.2) is 6.29 Å². The van der Waals surface area contributed by atoms with E-state index in [0.717, 1.165) is 17.4 Å². The molecule has 0 aliphatic carbocycles. The van der Waals surface area contributed by atoms with Gasteiger partial charge in [-0.25, -0.2) is 4.79 Å². The quantitative estimate of drug-likeness (QED) is 0.196. The summed E-state index contributed by atoms with van der Waals surface area (Å²) in [5, 5.41) is 19.0. The van der Waals surface area contributed by atoms with E-state index in [1.165, 1.54) is 27.4 Å². The molecule has 1 N–H and O–H groups in total. The maximum Gasteiger partial charge on any atom is 1.00 e. The first kappa shape index (κ1) is 39.7. The van der Waals surface area contributed by atoms with E-state index in [1.54, 1.807) is 53.2 Å². The number of esters is 1. The molecule has 0 aliphatic heterocycles. The van der Waals surface area contributed by atoms with Gasteiger partial charge < -0.3 is 33.9 Å². The third-order valence-corrected chi connectivity index (χ3v) is 4.68. The molecule has 0 unspecified atom stereocenters. The fraction of sp³-hybridized carbons (Fsp3) is 0.414. The molecule has 11 heteroatoms. The van der Waals surface area contributed by atoms with E-state index < -0.39 is 24.0 Å². The largest absolute Gasteiger partial charge is 1.00 e. The minimum absolute atomic E-state index is 0. The third kappa shape index (κ3) is 14.8. The number of aldehydes is 1. The second kappa shape index (κ2) is 19.6. The zero-order chi connectivity index (χ0) is 30.3. The van der Waals surface area contributed by atoms with Crippen molar-refractivity contribution in [3.05, 3.63) is 52.1 Å². The van der Waals surface area contributed by atoms with Crippen molar-refractivity contribution in [2.24, 2.45) is 0 Å². The van der Waals surface area contributed by atoms with Gasteiger partial charge in [-0.2, -0.15) is 0 Å². The van der Waals surface area contributed by atoms with Gasteiger partial charge in [0.2, 0.25) is 0 Å². The Morgan fingerprint density at radius 1 is 0.825 bits per heavy atom. The van der Waals surface area contributed by atoms with Gasteiger partial charge in [0, 0.05) is 11.1 Å². The number of carboxylic acids is 1. The van der Waals surface area contributed by atoms with E-state index in [2.05, 4.69) is 4.74 Å². The number of carbonyl (C=O) groups excluding carboxylic acids is 2. The zero-order valence-corrected chi connectivity index (χ0v) is 28.4. The Morgan fingerprint density at radius 2 is 1.23 bits per heavy atom. The van der Waals surface area contributed by atoms with Crippen molar-refractivity contribution >= 4 is 24.3 Å². The molecule has 216 valence electrons. The molecule has 0 atom stereocenters. The van der Waals surface area contributed by atoms with Crippen LogP contribution in [-0.4, -0.2) is 64.5 Å². The van der Waals surface area contributed by atoms with Crippen LogP contribution < -0.4 is 75.4 Å². The number of aliphatic carboxylic acids is 1. The van der Waals surface area contributed by atoms with Gasteiger partial charge in [0.05, 0.1) is 47.5 Å². The van der Waals surface area contributed by atoms with Crippen molar-refractivity contribution in [3.8, 4) is 23.0 Å². The minimum atomic E-state index is -1.12. The molecule has 2 rings (SSSR count). The second-order valence-corrected chi connectivity index (χ2v) is 9.10. The topological polar surface area (TPSA) is 141 Å². The minimum Gasteiger partial charge on any atom is -0.850 e. The van der Waals surface area contributed by atoms with Crippen LogP contribution in [0.1, 0.15) is 54.2 Å². The molecular weight excluding hydrogens is 547 g/mol. The van der Waals surface area contributed by atoms with Gasteiger partial charge in [-0.3, -0.25) is 9.59 Å². The normalized spacial score (nSPS) is 10.3. The molecule has 0 bridgehead atoms. The summed E-state index contributed by atoms with van der Waals surface area (Å²) in [4.78, 5) is 33.2. The summed E-state index contributed by atoms with van der Waals surface area (Å²) in [6.45, 7) is 8.59. The van der Waals surface area contributed by atoms with Crippen LogP contribution in [0.25, 0.3) is 6.08 Å². The monoisotopic (exact) mass is 586 g/mol. The Hall–Kier alpha value is -2.41. The first-order valence-corrected chi connectivity index (χ1v) is 11.8. The van der Waals surface area contributed by atoms with Gasteiger partial charge in [-0.15, -0.1) is 5.60 Å². The Labute approximate surface area is 279 Å². The summed E-state index contributed by atoms with van der Waals surface area (Å²) in [7, 11) is 7.33. The standard InChI is InChI=1S/C15H18O6.C10H12O3.C4H9O.K/c1-9-5-12(19-2)7-10(14(9)20-3)6-11(8-13(16)17)15(18)21-4;1-7-4-9(12-2)5-8(6-11)10(7)13-3;1-4(2,3)5;/h5-7H,8H2,1-4H3,(H,16,17);4-6H,1-3H3;1-3H3;/q;;-1;+1/b11-6+;;;. The van der Waals surface area contributed by atoms with Crippen LogP contribution in [0.5, 0.6) is 23.0 Å². The van der Waals surface area contributed by atoms with E-state index in [9.17, 15) is 19.5 Å². The van der Waals surface area contributed by atoms with Crippen molar-refractivity contribution < 1.29 is 99.7 Å². The average molecular weight is 587 g/mol. The van der Waals surface area contributed by atoms with E-state index in [0.29, 0.717) is 34.1 Å². The maximum absolute atomic E-state index is 11.7. The fourth-order valence-corrected chi connectivity index (χ4v) is 3.19. The van der Waals surface area contributed by atoms with Crippen LogP contribution in [0, 0.1) is 13.8 Å². The number of hydrogen-bond acceptors (Lipinski definition) is 9. The summed E-state index contributed by atoms with van der Waals surface area (Å²) < 4.78 is 25.2. The van der Waals surface area contributed by atoms with Crippen LogP contribution in [0.3, 0.4) is 0 Å². The summed E-state index contributed by atoms with van der Waals surface area (Å²) in [6.07, 6.45) is 1.76. The smallest absolute Gasteiger partial charge is 0.850 e. The van der Waals surface area contributed by atoms with Gasteiger partial charge in [0.25, 0.3) is 0 Å². The molecule has 0 saturated carbocycles. The summed E-state index contributed by atoms with van der Waals surface area (Å²) in [5.41, 5.74) is 2.04. The third-order valence-electron chi connectivity index (χ3n) is 4.68. The molecule has 0 heterocycles. The molecule has 2 aromatic carbocycles. The van der Waals surface area contributed by atoms with Gasteiger partial charge in [-0.05, 0) is 55.3 Å². The first-order valence-electron chi connectivity index (χ1n) is 11.8. The molecule has 0 spiro atoms. The van der Waals surface area contributed by atoms with Crippen LogP contribution >= 0.6 is 0 Å². The van der Waals surface area contributed by atoms with Crippen molar-refractivity contribution in [1.29, 1.82) is 0 Å². The van der Waals surface area contributed by atoms with E-state index in [4.69, 9.17) is 24.1 Å². The van der Waals surface area contributed by atoms with Crippen LogP contribution in [0.2, 0.25) is 0 Å². The van der Waals surface area contributed by atoms with Crippen molar-refractivity contribution in [2.75, 3.05) is 35.5 Å². The number of hydrogen-bond donors (Lipinski definition) is 1. The van der Waals surface area contributed by atoms with Crippen molar-refractivity contribution in [3.63, 3.8) is 0 Å². The molecule has 0 aromatic heterocycles. The molecule has 0 radical (unpaired) electrons. The number of ether oxygens (including phenoxy) is 5. The Bertz CT molecular complexity index is 1140. The van der Waals surface area contributed by atoms with Crippen LogP contribution in [-0.2, 0) is 14.3 Å². The number of carboxylic acid groups (broad SMARTS) is 1. The summed E-state index contributed by atoms with van der Waals surface area (Å²) in [6, 6.07) is 6.92. The zero-order valence-electron chi connectivity index (χ0n) is 25.3. The number of rotatable bonds is 9. The van der Waals surface area contributed by atoms with Crippen LogP contribution in [0.15, 0.2) is 29.8 Å². The number of aryl methyl sites for hydroxylation is 2. The van der Waals surface area contributed by atoms with Gasteiger partial charge in [-0.1, -0.05) is 20.8 Å². The Balaban J connectivity index is 0. The molecular formula is C29H39KO10. The second-order valence-electron chi connectivity index (χ2n) is 9.10. The Kier molecular flexibility index (Phi) is 19.5. The average Bonchev–Trinajstić information content (AvgIpc) is 2.86. The van der Waals surface area contributed by atoms with E-state index in [-0.39, 0.29) is 57.0 Å². The van der Waals surface area contributed by atoms with Crippen molar-refractivity contribution in [1.82, 2.24) is 0 Å². The predicted octanol–water partition coefficient (Wildman–Crippen LogP) is 1.02. The van der Waals surface area contributed by atoms with Crippen molar-refractivity contribution in [2.45, 2.75) is 46.6 Å². The number of methoxy groups -OCH3 is 5. The van der Waals surface area contributed by atoms with Crippen LogP contribution in [0.4, 0.5) is 0 Å². The molecule has 2 aromatic rings. The first-order chi connectivity index (χ1) is 18.1. The summed E-state index contributed by atoms with van der Waals surface area (Å²) in [5.74, 6) is 0.586. The number of benzene rings is 2. The van der Waals surface area contributed by atoms with Gasteiger partial charge >= 0.3 is 63.3 Å². The molecule has 0 saturated heterocycles.